The lowest BCUT2D eigenvalue weighted by atomic mass is 10.1. The molecule has 0 spiro atoms. The van der Waals surface area contributed by atoms with Gasteiger partial charge in [-0.3, -0.25) is 4.99 Å². The Hall–Kier alpha value is -2.53. The van der Waals surface area contributed by atoms with Gasteiger partial charge >= 0.3 is 0 Å². The Labute approximate surface area is 163 Å². The fraction of sp³-hybridized carbons (Fsp3) is 0.409. The molecule has 0 radical (unpaired) electrons. The van der Waals surface area contributed by atoms with Crippen LogP contribution in [0.25, 0.3) is 0 Å². The smallest absolute Gasteiger partial charge is 0.191 e. The standard InChI is InChI=1S/C22H32N4O/c1-23-22(24-16-8-11-18-9-6-5-7-10-18)25-17-21(26(2)3)19-12-14-20(27-4)15-13-19/h5-7,9-10,12-15,21H,8,11,16-17H2,1-4H3,(H2,23,24,25). The molecule has 1 atom stereocenters. The SMILES string of the molecule is CN=C(NCCCc1ccccc1)NCC(c1ccc(OC)cc1)N(C)C. The predicted octanol–water partition coefficient (Wildman–Crippen LogP) is 3.10. The third kappa shape index (κ3) is 6.94. The molecular formula is C22H32N4O. The lowest BCUT2D eigenvalue weighted by Gasteiger charge is -2.26. The van der Waals surface area contributed by atoms with Crippen molar-refractivity contribution in [2.24, 2.45) is 4.99 Å². The van der Waals surface area contributed by atoms with Crippen molar-refractivity contribution < 1.29 is 4.74 Å². The number of hydrogen-bond acceptors (Lipinski definition) is 3. The first-order valence-electron chi connectivity index (χ1n) is 9.43. The van der Waals surface area contributed by atoms with Gasteiger partial charge in [-0.05, 0) is 50.2 Å². The number of rotatable bonds is 9. The minimum absolute atomic E-state index is 0.249. The molecule has 2 aromatic carbocycles. The molecule has 27 heavy (non-hydrogen) atoms. The number of hydrogen-bond donors (Lipinski definition) is 2. The Morgan fingerprint density at radius 3 is 2.33 bits per heavy atom. The molecule has 0 aliphatic heterocycles. The highest BCUT2D eigenvalue weighted by Crippen LogP contribution is 2.20. The van der Waals surface area contributed by atoms with Crippen LogP contribution in [0.3, 0.4) is 0 Å². The van der Waals surface area contributed by atoms with Gasteiger partial charge < -0.3 is 20.3 Å². The molecule has 0 aromatic heterocycles. The van der Waals surface area contributed by atoms with Gasteiger partial charge in [0.1, 0.15) is 5.75 Å². The van der Waals surface area contributed by atoms with Gasteiger partial charge in [-0.2, -0.15) is 0 Å². The molecule has 2 aromatic rings. The van der Waals surface area contributed by atoms with E-state index in [0.29, 0.717) is 0 Å². The maximum atomic E-state index is 5.25. The van der Waals surface area contributed by atoms with Crippen molar-refractivity contribution in [2.75, 3.05) is 41.3 Å². The second-order valence-corrected chi connectivity index (χ2v) is 6.72. The zero-order valence-electron chi connectivity index (χ0n) is 16.9. The number of likely N-dealkylation sites (N-methyl/N-ethyl adjacent to an activating group) is 1. The fourth-order valence-corrected chi connectivity index (χ4v) is 2.98. The maximum Gasteiger partial charge on any atom is 0.191 e. The summed E-state index contributed by atoms with van der Waals surface area (Å²) in [5.41, 5.74) is 2.61. The molecule has 0 amide bonds. The Balaban J connectivity index is 1.81. The minimum Gasteiger partial charge on any atom is -0.497 e. The summed E-state index contributed by atoms with van der Waals surface area (Å²) in [6, 6.07) is 19.0. The average Bonchev–Trinajstić information content (AvgIpc) is 2.70. The van der Waals surface area contributed by atoms with E-state index in [0.717, 1.165) is 37.6 Å². The van der Waals surface area contributed by atoms with Crippen LogP contribution in [-0.4, -0.2) is 52.2 Å². The number of nitrogens with zero attached hydrogens (tertiary/aromatic N) is 2. The third-order valence-electron chi connectivity index (χ3n) is 4.59. The molecule has 0 saturated carbocycles. The molecule has 1 unspecified atom stereocenters. The van der Waals surface area contributed by atoms with Crippen molar-refractivity contribution in [2.45, 2.75) is 18.9 Å². The molecule has 0 bridgehead atoms. The van der Waals surface area contributed by atoms with Gasteiger partial charge in [-0.15, -0.1) is 0 Å². The van der Waals surface area contributed by atoms with E-state index in [4.69, 9.17) is 4.74 Å². The number of nitrogens with one attached hydrogen (secondary N) is 2. The monoisotopic (exact) mass is 368 g/mol. The van der Waals surface area contributed by atoms with Gasteiger partial charge in [0.25, 0.3) is 0 Å². The van der Waals surface area contributed by atoms with Crippen molar-refractivity contribution in [1.82, 2.24) is 15.5 Å². The van der Waals surface area contributed by atoms with Gasteiger partial charge in [0, 0.05) is 20.1 Å². The van der Waals surface area contributed by atoms with E-state index in [9.17, 15) is 0 Å². The summed E-state index contributed by atoms with van der Waals surface area (Å²) in [4.78, 5) is 6.55. The molecule has 2 N–H and O–H groups in total. The molecule has 0 aliphatic carbocycles. The topological polar surface area (TPSA) is 48.9 Å². The van der Waals surface area contributed by atoms with E-state index in [2.05, 4.69) is 77.1 Å². The highest BCUT2D eigenvalue weighted by Gasteiger charge is 2.14. The molecule has 2 rings (SSSR count). The first-order valence-corrected chi connectivity index (χ1v) is 9.43. The van der Waals surface area contributed by atoms with Crippen LogP contribution in [0.2, 0.25) is 0 Å². The summed E-state index contributed by atoms with van der Waals surface area (Å²) >= 11 is 0. The zero-order chi connectivity index (χ0) is 19.5. The van der Waals surface area contributed by atoms with E-state index in [-0.39, 0.29) is 6.04 Å². The highest BCUT2D eigenvalue weighted by molar-refractivity contribution is 5.79. The molecule has 0 aliphatic rings. The second-order valence-electron chi connectivity index (χ2n) is 6.72. The largest absolute Gasteiger partial charge is 0.497 e. The lowest BCUT2D eigenvalue weighted by Crippen LogP contribution is -2.42. The number of benzene rings is 2. The van der Waals surface area contributed by atoms with E-state index < -0.39 is 0 Å². The molecule has 5 heteroatoms. The molecule has 0 fully saturated rings. The number of guanidine groups is 1. The van der Waals surface area contributed by atoms with Crippen LogP contribution in [0, 0.1) is 0 Å². The van der Waals surface area contributed by atoms with Crippen LogP contribution >= 0.6 is 0 Å². The zero-order valence-corrected chi connectivity index (χ0v) is 16.9. The number of methoxy groups -OCH3 is 1. The van der Waals surface area contributed by atoms with Crippen LogP contribution in [0.15, 0.2) is 59.6 Å². The van der Waals surface area contributed by atoms with Crippen molar-refractivity contribution in [3.63, 3.8) is 0 Å². The Morgan fingerprint density at radius 2 is 1.74 bits per heavy atom. The molecule has 146 valence electrons. The van der Waals surface area contributed by atoms with E-state index in [1.54, 1.807) is 7.11 Å². The predicted molar refractivity (Wildman–Crippen MR) is 114 cm³/mol. The van der Waals surface area contributed by atoms with Gasteiger partial charge in [0.15, 0.2) is 5.96 Å². The summed E-state index contributed by atoms with van der Waals surface area (Å²) < 4.78 is 5.25. The number of ether oxygens (including phenoxy) is 1. The minimum atomic E-state index is 0.249. The van der Waals surface area contributed by atoms with E-state index in [1.807, 2.05) is 19.2 Å². The normalized spacial score (nSPS) is 12.7. The summed E-state index contributed by atoms with van der Waals surface area (Å²) in [7, 11) is 7.68. The molecular weight excluding hydrogens is 336 g/mol. The van der Waals surface area contributed by atoms with Crippen molar-refractivity contribution >= 4 is 5.96 Å². The summed E-state index contributed by atoms with van der Waals surface area (Å²) in [6.45, 7) is 1.67. The van der Waals surface area contributed by atoms with E-state index in [1.165, 1.54) is 11.1 Å². The van der Waals surface area contributed by atoms with Gasteiger partial charge in [0.05, 0.1) is 13.2 Å². The summed E-state index contributed by atoms with van der Waals surface area (Å²) in [5, 5.41) is 6.85. The Bertz CT molecular complexity index is 683. The quantitative estimate of drug-likeness (QED) is 0.406. The van der Waals surface area contributed by atoms with Gasteiger partial charge in [-0.1, -0.05) is 42.5 Å². The van der Waals surface area contributed by atoms with Crippen LogP contribution in [0.5, 0.6) is 5.75 Å². The van der Waals surface area contributed by atoms with Gasteiger partial charge in [-0.25, -0.2) is 0 Å². The van der Waals surface area contributed by atoms with Crippen LogP contribution in [0.1, 0.15) is 23.6 Å². The van der Waals surface area contributed by atoms with Gasteiger partial charge in [0.2, 0.25) is 0 Å². The first-order chi connectivity index (χ1) is 13.1. The third-order valence-corrected chi connectivity index (χ3v) is 4.59. The van der Waals surface area contributed by atoms with Crippen LogP contribution in [0.4, 0.5) is 0 Å². The second kappa shape index (κ2) is 11.2. The maximum absolute atomic E-state index is 5.25. The Kier molecular flexibility index (Phi) is 8.65. The van der Waals surface area contributed by atoms with Crippen LogP contribution < -0.4 is 15.4 Å². The van der Waals surface area contributed by atoms with E-state index >= 15 is 0 Å². The van der Waals surface area contributed by atoms with Crippen LogP contribution in [-0.2, 0) is 6.42 Å². The molecule has 0 saturated heterocycles. The summed E-state index contributed by atoms with van der Waals surface area (Å²) in [5.74, 6) is 1.71. The number of aryl methyl sites for hydroxylation is 1. The molecule has 0 heterocycles. The van der Waals surface area contributed by atoms with Crippen molar-refractivity contribution in [1.29, 1.82) is 0 Å². The lowest BCUT2D eigenvalue weighted by molar-refractivity contribution is 0.298. The summed E-state index contributed by atoms with van der Waals surface area (Å²) in [6.07, 6.45) is 2.14. The van der Waals surface area contributed by atoms with Crippen molar-refractivity contribution in [3.05, 3.63) is 65.7 Å². The first kappa shape index (κ1) is 20.8. The average molecular weight is 369 g/mol. The highest BCUT2D eigenvalue weighted by atomic mass is 16.5. The Morgan fingerprint density at radius 1 is 1.04 bits per heavy atom. The fourth-order valence-electron chi connectivity index (χ4n) is 2.98. The number of aliphatic imine (C=N–C) groups is 1. The molecule has 5 nitrogen and oxygen atoms in total. The van der Waals surface area contributed by atoms with Crippen molar-refractivity contribution in [3.8, 4) is 5.75 Å².